The van der Waals surface area contributed by atoms with Crippen LogP contribution in [0.25, 0.3) is 0 Å². The van der Waals surface area contributed by atoms with E-state index in [0.717, 1.165) is 11.3 Å². The Balaban J connectivity index is 2.28. The molecular formula is C10H12BrNO5S2. The second-order valence-electron chi connectivity index (χ2n) is 4.00. The van der Waals surface area contributed by atoms with Gasteiger partial charge in [-0.3, -0.25) is 4.79 Å². The molecule has 6 nitrogen and oxygen atoms in total. The molecule has 1 saturated heterocycles. The summed E-state index contributed by atoms with van der Waals surface area (Å²) < 4.78 is 32.2. The monoisotopic (exact) mass is 369 g/mol. The topological polar surface area (TPSA) is 83.9 Å². The number of hydrogen-bond acceptors (Lipinski definition) is 5. The van der Waals surface area contributed by atoms with Gasteiger partial charge in [0.1, 0.15) is 4.21 Å². The van der Waals surface area contributed by atoms with Crippen molar-refractivity contribution in [1.29, 1.82) is 0 Å². The summed E-state index contributed by atoms with van der Waals surface area (Å²) in [7, 11) is -3.66. The number of morpholine rings is 1. The van der Waals surface area contributed by atoms with E-state index in [1.54, 1.807) is 6.07 Å². The lowest BCUT2D eigenvalue weighted by Crippen LogP contribution is -2.49. The van der Waals surface area contributed by atoms with E-state index in [-0.39, 0.29) is 30.4 Å². The van der Waals surface area contributed by atoms with Crippen LogP contribution in [0.4, 0.5) is 0 Å². The minimum Gasteiger partial charge on any atom is -0.481 e. The first-order chi connectivity index (χ1) is 8.91. The maximum absolute atomic E-state index is 12.5. The molecule has 1 aromatic heterocycles. The molecule has 1 fully saturated rings. The first-order valence-corrected chi connectivity index (χ1v) is 8.53. The molecule has 0 amide bonds. The van der Waals surface area contributed by atoms with Gasteiger partial charge in [0.25, 0.3) is 10.0 Å². The number of sulfonamides is 1. The summed E-state index contributed by atoms with van der Waals surface area (Å²) in [5, 5.41) is 8.84. The van der Waals surface area contributed by atoms with Crippen LogP contribution in [0.15, 0.2) is 20.1 Å². The molecule has 0 saturated carbocycles. The minimum absolute atomic E-state index is 0.109. The van der Waals surface area contributed by atoms with Gasteiger partial charge in [-0.1, -0.05) is 0 Å². The van der Waals surface area contributed by atoms with Crippen LogP contribution in [0.2, 0.25) is 0 Å². The normalized spacial score (nSPS) is 21.4. The quantitative estimate of drug-likeness (QED) is 0.866. The summed E-state index contributed by atoms with van der Waals surface area (Å²) in [6, 6.07) is 2.51. The van der Waals surface area contributed by atoms with E-state index in [9.17, 15) is 13.2 Å². The maximum atomic E-state index is 12.5. The number of halogens is 1. The largest absolute Gasteiger partial charge is 0.481 e. The second kappa shape index (κ2) is 5.88. The van der Waals surface area contributed by atoms with Crippen LogP contribution in [0.1, 0.15) is 6.42 Å². The van der Waals surface area contributed by atoms with Gasteiger partial charge in [0.15, 0.2) is 0 Å². The number of hydrogen-bond donors (Lipinski definition) is 1. The minimum atomic E-state index is -3.66. The van der Waals surface area contributed by atoms with E-state index in [0.29, 0.717) is 3.79 Å². The third-order valence-electron chi connectivity index (χ3n) is 2.70. The zero-order valence-corrected chi connectivity index (χ0v) is 13.0. The number of nitrogens with zero attached hydrogens (tertiary/aromatic N) is 1. The molecule has 1 N–H and O–H groups in total. The van der Waals surface area contributed by atoms with E-state index in [4.69, 9.17) is 9.84 Å². The van der Waals surface area contributed by atoms with Gasteiger partial charge in [0.2, 0.25) is 0 Å². The van der Waals surface area contributed by atoms with Crippen molar-refractivity contribution in [1.82, 2.24) is 4.31 Å². The number of rotatable bonds is 4. The van der Waals surface area contributed by atoms with Gasteiger partial charge in [-0.2, -0.15) is 4.31 Å². The molecule has 1 unspecified atom stereocenters. The molecule has 0 spiro atoms. The molecule has 0 aliphatic carbocycles. The number of carbonyl (C=O) groups is 1. The fourth-order valence-electron chi connectivity index (χ4n) is 1.87. The SMILES string of the molecule is O=C(O)CC1COCCN1S(=O)(=O)c1ccc(Br)s1. The molecule has 9 heteroatoms. The summed E-state index contributed by atoms with van der Waals surface area (Å²) in [4.78, 5) is 10.8. The van der Waals surface area contributed by atoms with Crippen LogP contribution in [0.3, 0.4) is 0 Å². The van der Waals surface area contributed by atoms with E-state index >= 15 is 0 Å². The second-order valence-corrected chi connectivity index (χ2v) is 8.58. The third kappa shape index (κ3) is 3.34. The van der Waals surface area contributed by atoms with Gasteiger partial charge >= 0.3 is 5.97 Å². The predicted octanol–water partition coefficient (Wildman–Crippen LogP) is 1.37. The zero-order valence-electron chi connectivity index (χ0n) is 9.78. The Morgan fingerprint density at radius 1 is 1.58 bits per heavy atom. The van der Waals surface area contributed by atoms with Crippen LogP contribution in [-0.2, 0) is 19.6 Å². The summed E-state index contributed by atoms with van der Waals surface area (Å²) in [6.07, 6.45) is -0.258. The van der Waals surface area contributed by atoms with Gasteiger partial charge < -0.3 is 9.84 Å². The van der Waals surface area contributed by atoms with Crippen molar-refractivity contribution in [2.75, 3.05) is 19.8 Å². The van der Waals surface area contributed by atoms with Crippen molar-refractivity contribution >= 4 is 43.3 Å². The summed E-state index contributed by atoms with van der Waals surface area (Å²) in [5.74, 6) is -1.04. The zero-order chi connectivity index (χ0) is 14.0. The van der Waals surface area contributed by atoms with E-state index < -0.39 is 22.0 Å². The van der Waals surface area contributed by atoms with Crippen molar-refractivity contribution in [2.24, 2.45) is 0 Å². The highest BCUT2D eigenvalue weighted by Gasteiger charge is 2.36. The fraction of sp³-hybridized carbons (Fsp3) is 0.500. The average molecular weight is 370 g/mol. The molecule has 0 radical (unpaired) electrons. The highest BCUT2D eigenvalue weighted by atomic mass is 79.9. The molecule has 0 bridgehead atoms. The number of aliphatic carboxylic acids is 1. The number of thiophene rings is 1. The van der Waals surface area contributed by atoms with Gasteiger partial charge in [-0.25, -0.2) is 8.42 Å². The Hall–Kier alpha value is -0.480. The van der Waals surface area contributed by atoms with Gasteiger partial charge in [-0.05, 0) is 28.1 Å². The molecule has 106 valence electrons. The molecule has 19 heavy (non-hydrogen) atoms. The summed E-state index contributed by atoms with van der Waals surface area (Å²) in [5.41, 5.74) is 0. The molecule has 2 heterocycles. The molecule has 2 rings (SSSR count). The predicted molar refractivity (Wildman–Crippen MR) is 72.8 cm³/mol. The van der Waals surface area contributed by atoms with Crippen molar-refractivity contribution in [3.8, 4) is 0 Å². The Morgan fingerprint density at radius 3 is 2.89 bits per heavy atom. The molecule has 1 aliphatic rings. The standard InChI is InChI=1S/C10H12BrNO5S2/c11-8-1-2-10(18-8)19(15,16)12-3-4-17-6-7(12)5-9(13)14/h1-2,7H,3-6H2,(H,13,14). The summed E-state index contributed by atoms with van der Waals surface area (Å²) >= 11 is 4.33. The lowest BCUT2D eigenvalue weighted by molar-refractivity contribution is -0.139. The number of carboxylic acids is 1. The van der Waals surface area contributed by atoms with E-state index in [1.165, 1.54) is 10.4 Å². The lowest BCUT2D eigenvalue weighted by atomic mass is 10.2. The van der Waals surface area contributed by atoms with Crippen LogP contribution in [-0.4, -0.2) is 49.6 Å². The maximum Gasteiger partial charge on any atom is 0.305 e. The van der Waals surface area contributed by atoms with Crippen molar-refractivity contribution < 1.29 is 23.1 Å². The molecule has 0 aromatic carbocycles. The molecular weight excluding hydrogens is 358 g/mol. The first kappa shape index (κ1) is 14.9. The first-order valence-electron chi connectivity index (χ1n) is 5.48. The highest BCUT2D eigenvalue weighted by Crippen LogP contribution is 2.30. The van der Waals surface area contributed by atoms with Crippen molar-refractivity contribution in [3.05, 3.63) is 15.9 Å². The fourth-order valence-corrected chi connectivity index (χ4v) is 5.60. The number of carboxylic acid groups (broad SMARTS) is 1. The van der Waals surface area contributed by atoms with E-state index in [2.05, 4.69) is 15.9 Å². The highest BCUT2D eigenvalue weighted by molar-refractivity contribution is 9.11. The van der Waals surface area contributed by atoms with Crippen LogP contribution in [0.5, 0.6) is 0 Å². The Kier molecular flexibility index (Phi) is 4.62. The molecule has 1 aromatic rings. The Morgan fingerprint density at radius 2 is 2.32 bits per heavy atom. The van der Waals surface area contributed by atoms with Gasteiger partial charge in [0.05, 0.1) is 29.5 Å². The Bertz CT molecular complexity index is 570. The summed E-state index contributed by atoms with van der Waals surface area (Å²) in [6.45, 7) is 0.565. The van der Waals surface area contributed by atoms with Crippen molar-refractivity contribution in [2.45, 2.75) is 16.7 Å². The van der Waals surface area contributed by atoms with E-state index in [1.807, 2.05) is 0 Å². The van der Waals surface area contributed by atoms with Crippen LogP contribution in [0, 0.1) is 0 Å². The van der Waals surface area contributed by atoms with Crippen LogP contribution < -0.4 is 0 Å². The Labute approximate surface area is 123 Å². The average Bonchev–Trinajstić information content (AvgIpc) is 2.76. The van der Waals surface area contributed by atoms with Crippen molar-refractivity contribution in [3.63, 3.8) is 0 Å². The van der Waals surface area contributed by atoms with Gasteiger partial charge in [0, 0.05) is 6.54 Å². The smallest absolute Gasteiger partial charge is 0.305 e. The lowest BCUT2D eigenvalue weighted by Gasteiger charge is -2.33. The molecule has 1 aliphatic heterocycles. The third-order valence-corrected chi connectivity index (χ3v) is 6.74. The number of ether oxygens (including phenoxy) is 1. The van der Waals surface area contributed by atoms with Crippen LogP contribution >= 0.6 is 27.3 Å². The van der Waals surface area contributed by atoms with Gasteiger partial charge in [-0.15, -0.1) is 11.3 Å². The molecule has 1 atom stereocenters.